The van der Waals surface area contributed by atoms with Crippen LogP contribution in [-0.2, 0) is 4.74 Å². The van der Waals surface area contributed by atoms with Crippen molar-refractivity contribution >= 4 is 23.7 Å². The van der Waals surface area contributed by atoms with Crippen LogP contribution in [0.5, 0.6) is 0 Å². The number of hydrogen-bond acceptors (Lipinski definition) is 5. The minimum absolute atomic E-state index is 0.258. The molecule has 0 aromatic heterocycles. The van der Waals surface area contributed by atoms with E-state index in [1.54, 1.807) is 25.7 Å². The second-order valence-corrected chi connectivity index (χ2v) is 6.91. The number of carbonyl (C=O) groups is 3. The maximum Gasteiger partial charge on any atom is 0.410 e. The molecule has 9 heteroatoms. The molecule has 0 radical (unpaired) electrons. The molecule has 1 saturated heterocycles. The number of hydrogen-bond donors (Lipinski definition) is 2. The molecule has 0 aliphatic carbocycles. The summed E-state index contributed by atoms with van der Waals surface area (Å²) in [6.07, 6.45) is -0.448. The van der Waals surface area contributed by atoms with Crippen molar-refractivity contribution in [3.63, 3.8) is 0 Å². The monoisotopic (exact) mass is 368 g/mol. The topological polar surface area (TPSA) is 107 Å². The van der Waals surface area contributed by atoms with Gasteiger partial charge in [-0.25, -0.2) is 18.8 Å². The van der Waals surface area contributed by atoms with Gasteiger partial charge >= 0.3 is 18.0 Å². The number of aromatic carboxylic acids is 2. The number of carbonyl (C=O) groups excluding carboxylic acids is 1. The Bertz CT molecular complexity index is 736. The minimum Gasteiger partial charge on any atom is -0.478 e. The van der Waals surface area contributed by atoms with Gasteiger partial charge in [0, 0.05) is 31.9 Å². The maximum absolute atomic E-state index is 14.1. The van der Waals surface area contributed by atoms with Gasteiger partial charge in [-0.15, -0.1) is 0 Å². The van der Waals surface area contributed by atoms with Crippen LogP contribution >= 0.6 is 0 Å². The summed E-state index contributed by atoms with van der Waals surface area (Å²) in [6, 6.07) is 2.14. The third-order valence-electron chi connectivity index (χ3n) is 3.82. The van der Waals surface area contributed by atoms with Crippen molar-refractivity contribution in [2.75, 3.05) is 31.1 Å². The molecule has 2 N–H and O–H groups in total. The Balaban J connectivity index is 2.16. The van der Waals surface area contributed by atoms with Gasteiger partial charge < -0.3 is 24.7 Å². The Morgan fingerprint density at radius 3 is 2.08 bits per heavy atom. The van der Waals surface area contributed by atoms with Crippen molar-refractivity contribution in [1.82, 2.24) is 4.90 Å². The second kappa shape index (κ2) is 7.19. The molecule has 1 fully saturated rings. The first-order valence-corrected chi connectivity index (χ1v) is 8.02. The Labute approximate surface area is 149 Å². The highest BCUT2D eigenvalue weighted by atomic mass is 19.1. The number of anilines is 1. The summed E-state index contributed by atoms with van der Waals surface area (Å²) in [4.78, 5) is 37.6. The van der Waals surface area contributed by atoms with Crippen molar-refractivity contribution < 1.29 is 33.7 Å². The highest BCUT2D eigenvalue weighted by Gasteiger charge is 2.28. The van der Waals surface area contributed by atoms with E-state index in [0.717, 1.165) is 12.1 Å². The molecule has 1 heterocycles. The largest absolute Gasteiger partial charge is 0.478 e. The average molecular weight is 368 g/mol. The fourth-order valence-electron chi connectivity index (χ4n) is 2.63. The Hall–Kier alpha value is -2.84. The van der Waals surface area contributed by atoms with Crippen LogP contribution in [0.2, 0.25) is 0 Å². The lowest BCUT2D eigenvalue weighted by atomic mass is 10.0. The van der Waals surface area contributed by atoms with E-state index in [9.17, 15) is 18.8 Å². The summed E-state index contributed by atoms with van der Waals surface area (Å²) in [5.41, 5.74) is -1.83. The van der Waals surface area contributed by atoms with Gasteiger partial charge in [0.05, 0.1) is 5.56 Å². The quantitative estimate of drug-likeness (QED) is 0.843. The zero-order valence-electron chi connectivity index (χ0n) is 14.8. The molecule has 1 aromatic carbocycles. The highest BCUT2D eigenvalue weighted by Crippen LogP contribution is 2.25. The first-order chi connectivity index (χ1) is 12.0. The molecule has 1 aromatic rings. The number of amides is 1. The van der Waals surface area contributed by atoms with Gasteiger partial charge in [-0.2, -0.15) is 0 Å². The van der Waals surface area contributed by atoms with E-state index >= 15 is 0 Å². The summed E-state index contributed by atoms with van der Waals surface area (Å²) in [6.45, 7) is 6.61. The van der Waals surface area contributed by atoms with E-state index in [-0.39, 0.29) is 5.69 Å². The lowest BCUT2D eigenvalue weighted by molar-refractivity contribution is 0.0240. The van der Waals surface area contributed by atoms with Gasteiger partial charge in [0.25, 0.3) is 0 Å². The molecule has 2 rings (SSSR count). The number of rotatable bonds is 3. The molecule has 1 aliphatic rings. The number of benzene rings is 1. The molecule has 8 nitrogen and oxygen atoms in total. The van der Waals surface area contributed by atoms with Crippen LogP contribution in [0.4, 0.5) is 14.9 Å². The van der Waals surface area contributed by atoms with Crippen molar-refractivity contribution in [2.45, 2.75) is 26.4 Å². The van der Waals surface area contributed by atoms with Gasteiger partial charge in [0.1, 0.15) is 17.0 Å². The van der Waals surface area contributed by atoms with Crippen LogP contribution in [-0.4, -0.2) is 64.9 Å². The van der Waals surface area contributed by atoms with Gasteiger partial charge in [0.2, 0.25) is 0 Å². The summed E-state index contributed by atoms with van der Waals surface area (Å²) in [7, 11) is 0. The van der Waals surface area contributed by atoms with E-state index in [1.165, 1.54) is 4.90 Å². The van der Waals surface area contributed by atoms with Crippen molar-refractivity contribution in [2.24, 2.45) is 0 Å². The second-order valence-electron chi connectivity index (χ2n) is 6.91. The van der Waals surface area contributed by atoms with Gasteiger partial charge in [0.15, 0.2) is 0 Å². The molecule has 142 valence electrons. The van der Waals surface area contributed by atoms with Gasteiger partial charge in [-0.3, -0.25) is 0 Å². The van der Waals surface area contributed by atoms with Gasteiger partial charge in [-0.1, -0.05) is 0 Å². The zero-order valence-corrected chi connectivity index (χ0v) is 14.8. The van der Waals surface area contributed by atoms with E-state index in [4.69, 9.17) is 14.9 Å². The summed E-state index contributed by atoms with van der Waals surface area (Å²) in [5, 5.41) is 18.2. The highest BCUT2D eigenvalue weighted by molar-refractivity contribution is 6.02. The summed E-state index contributed by atoms with van der Waals surface area (Å²) < 4.78 is 19.4. The number of carboxylic acids is 2. The average Bonchev–Trinajstić information content (AvgIpc) is 2.52. The molecule has 0 atom stereocenters. The van der Waals surface area contributed by atoms with Crippen LogP contribution in [0.25, 0.3) is 0 Å². The third-order valence-corrected chi connectivity index (χ3v) is 3.82. The van der Waals surface area contributed by atoms with Crippen LogP contribution in [0.3, 0.4) is 0 Å². The summed E-state index contributed by atoms with van der Waals surface area (Å²) in [5.74, 6) is -4.27. The first kappa shape index (κ1) is 19.5. The third kappa shape index (κ3) is 4.41. The predicted octanol–water partition coefficient (Wildman–Crippen LogP) is 2.28. The van der Waals surface area contributed by atoms with Crippen LogP contribution in [0.1, 0.15) is 41.5 Å². The molecule has 1 aliphatic heterocycles. The molecular formula is C17H21FN2O6. The van der Waals surface area contributed by atoms with Crippen LogP contribution in [0.15, 0.2) is 12.1 Å². The molecule has 26 heavy (non-hydrogen) atoms. The molecule has 0 unspecified atom stereocenters. The van der Waals surface area contributed by atoms with Crippen LogP contribution in [0, 0.1) is 5.82 Å². The SMILES string of the molecule is CC(C)(C)OC(=O)N1CCN(c2cc(F)c(C(=O)O)c(C(=O)O)c2)CC1. The maximum atomic E-state index is 14.1. The molecule has 0 spiro atoms. The Morgan fingerprint density at radius 1 is 1.04 bits per heavy atom. The number of carboxylic acid groups (broad SMARTS) is 2. The summed E-state index contributed by atoms with van der Waals surface area (Å²) >= 11 is 0. The lowest BCUT2D eigenvalue weighted by Gasteiger charge is -2.36. The predicted molar refractivity (Wildman–Crippen MR) is 90.3 cm³/mol. The first-order valence-electron chi connectivity index (χ1n) is 8.02. The lowest BCUT2D eigenvalue weighted by Crippen LogP contribution is -2.50. The molecule has 1 amide bonds. The van der Waals surface area contributed by atoms with E-state index < -0.39 is 40.6 Å². The van der Waals surface area contributed by atoms with Crippen molar-refractivity contribution in [3.05, 3.63) is 29.1 Å². The zero-order chi connectivity index (χ0) is 19.6. The van der Waals surface area contributed by atoms with Crippen LogP contribution < -0.4 is 4.90 Å². The number of ether oxygens (including phenoxy) is 1. The molecule has 0 saturated carbocycles. The molecule has 0 bridgehead atoms. The van der Waals surface area contributed by atoms with E-state index in [0.29, 0.717) is 26.2 Å². The van der Waals surface area contributed by atoms with Gasteiger partial charge in [-0.05, 0) is 32.9 Å². The van der Waals surface area contributed by atoms with E-state index in [1.807, 2.05) is 0 Å². The number of nitrogens with zero attached hydrogens (tertiary/aromatic N) is 2. The standard InChI is InChI=1S/C17H21FN2O6/c1-17(2,3)26-16(25)20-6-4-19(5-7-20)10-8-11(14(21)22)13(15(23)24)12(18)9-10/h8-9H,4-7H2,1-3H3,(H,21,22)(H,23,24). The fraction of sp³-hybridized carbons (Fsp3) is 0.471. The normalized spacial score (nSPS) is 14.9. The Morgan fingerprint density at radius 2 is 1.62 bits per heavy atom. The number of halogens is 1. The van der Waals surface area contributed by atoms with E-state index in [2.05, 4.69) is 0 Å². The smallest absolute Gasteiger partial charge is 0.410 e. The van der Waals surface area contributed by atoms with Crippen molar-refractivity contribution in [1.29, 1.82) is 0 Å². The Kier molecular flexibility index (Phi) is 5.38. The van der Waals surface area contributed by atoms with Crippen molar-refractivity contribution in [3.8, 4) is 0 Å². The minimum atomic E-state index is -1.64. The fourth-order valence-corrected chi connectivity index (χ4v) is 2.63. The number of piperazine rings is 1. The molecular weight excluding hydrogens is 347 g/mol.